The number of nitrogens with zero attached hydrogens (tertiary/aromatic N) is 1. The third kappa shape index (κ3) is 2.51. The van der Waals surface area contributed by atoms with Crippen molar-refractivity contribution in [3.8, 4) is 5.75 Å². The predicted molar refractivity (Wildman–Crippen MR) is 110 cm³/mol. The van der Waals surface area contributed by atoms with Crippen LogP contribution in [0.25, 0.3) is 11.0 Å². The van der Waals surface area contributed by atoms with Gasteiger partial charge in [-0.05, 0) is 29.8 Å². The number of ether oxygens (including phenoxy) is 1. The number of Topliss-reactive ketones (excluding diaryl/α,β-unsaturated/α-hetero) is 2. The zero-order valence-electron chi connectivity index (χ0n) is 15.8. The molecule has 5 rings (SSSR count). The Balaban J connectivity index is 1.69. The van der Waals surface area contributed by atoms with E-state index in [0.717, 1.165) is 11.0 Å². The average molecular weight is 382 g/mol. The van der Waals surface area contributed by atoms with E-state index in [2.05, 4.69) is 9.97 Å². The first-order chi connectivity index (χ1) is 14.1. The quantitative estimate of drug-likeness (QED) is 0.539. The summed E-state index contributed by atoms with van der Waals surface area (Å²) in [4.78, 5) is 35.1. The molecule has 1 N–H and O–H groups in total. The number of para-hydroxylation sites is 2. The maximum Gasteiger partial charge on any atom is 0.182 e. The maximum absolute atomic E-state index is 13.6. The Bertz CT molecular complexity index is 1190. The fourth-order valence-corrected chi connectivity index (χ4v) is 4.18. The van der Waals surface area contributed by atoms with Gasteiger partial charge in [-0.15, -0.1) is 0 Å². The van der Waals surface area contributed by atoms with Gasteiger partial charge in [-0.3, -0.25) is 9.59 Å². The van der Waals surface area contributed by atoms with Crippen LogP contribution in [0.4, 0.5) is 0 Å². The van der Waals surface area contributed by atoms with E-state index >= 15 is 0 Å². The van der Waals surface area contributed by atoms with Crippen molar-refractivity contribution in [1.82, 2.24) is 9.97 Å². The number of rotatable bonds is 4. The summed E-state index contributed by atoms with van der Waals surface area (Å²) in [5.41, 5.74) is 1.91. The van der Waals surface area contributed by atoms with Gasteiger partial charge in [-0.2, -0.15) is 0 Å². The second-order valence-electron chi connectivity index (χ2n) is 7.22. The van der Waals surface area contributed by atoms with Gasteiger partial charge in [0.25, 0.3) is 0 Å². The van der Waals surface area contributed by atoms with Crippen LogP contribution in [0.3, 0.4) is 0 Å². The standard InChI is InChI=1S/C24H18N2O3/c1-29-16-12-10-15(11-13-16)24(14-21-25-19-8-4-5-9-20(19)26-21)22(27)17-6-2-3-7-18(17)23(24)28/h2-13H,14H2,1H3,(H,25,26). The Morgan fingerprint density at radius 2 is 1.48 bits per heavy atom. The third-order valence-electron chi connectivity index (χ3n) is 5.65. The number of hydrogen-bond donors (Lipinski definition) is 1. The summed E-state index contributed by atoms with van der Waals surface area (Å²) >= 11 is 0. The molecular formula is C24H18N2O3. The van der Waals surface area contributed by atoms with Crippen LogP contribution in [0.2, 0.25) is 0 Å². The molecule has 0 atom stereocenters. The number of carbonyl (C=O) groups excluding carboxylic acids is 2. The highest BCUT2D eigenvalue weighted by Crippen LogP contribution is 2.42. The Labute approximate surface area is 167 Å². The number of methoxy groups -OCH3 is 1. The number of aromatic amines is 1. The number of aromatic nitrogens is 2. The van der Waals surface area contributed by atoms with Crippen molar-refractivity contribution in [3.05, 3.63) is 95.3 Å². The molecule has 0 bridgehead atoms. The number of nitrogens with one attached hydrogen (secondary N) is 1. The number of ketones is 2. The molecule has 4 aromatic rings. The summed E-state index contributed by atoms with van der Waals surface area (Å²) in [7, 11) is 1.58. The summed E-state index contributed by atoms with van der Waals surface area (Å²) in [6, 6.07) is 21.8. The zero-order valence-corrected chi connectivity index (χ0v) is 15.8. The van der Waals surface area contributed by atoms with Gasteiger partial charge in [0, 0.05) is 17.5 Å². The minimum atomic E-state index is -1.34. The van der Waals surface area contributed by atoms with Crippen molar-refractivity contribution in [2.24, 2.45) is 0 Å². The first-order valence-corrected chi connectivity index (χ1v) is 9.40. The van der Waals surface area contributed by atoms with Gasteiger partial charge in [-0.25, -0.2) is 4.98 Å². The van der Waals surface area contributed by atoms with E-state index in [1.54, 1.807) is 55.6 Å². The molecule has 0 saturated heterocycles. The number of carbonyl (C=O) groups is 2. The number of fused-ring (bicyclic) bond motifs is 2. The molecule has 1 aliphatic rings. The molecule has 0 aliphatic heterocycles. The lowest BCUT2D eigenvalue weighted by Crippen LogP contribution is -2.41. The van der Waals surface area contributed by atoms with Crippen LogP contribution >= 0.6 is 0 Å². The Hall–Kier alpha value is -3.73. The zero-order chi connectivity index (χ0) is 20.0. The smallest absolute Gasteiger partial charge is 0.182 e. The lowest BCUT2D eigenvalue weighted by atomic mass is 9.73. The molecule has 5 heteroatoms. The van der Waals surface area contributed by atoms with Gasteiger partial charge in [0.1, 0.15) is 17.0 Å². The van der Waals surface area contributed by atoms with Gasteiger partial charge >= 0.3 is 0 Å². The molecule has 142 valence electrons. The molecule has 0 spiro atoms. The molecule has 1 aliphatic carbocycles. The Morgan fingerprint density at radius 3 is 2.10 bits per heavy atom. The number of hydrogen-bond acceptors (Lipinski definition) is 4. The average Bonchev–Trinajstić information content (AvgIpc) is 3.27. The fourth-order valence-electron chi connectivity index (χ4n) is 4.18. The first kappa shape index (κ1) is 17.4. The molecule has 0 amide bonds. The summed E-state index contributed by atoms with van der Waals surface area (Å²) in [6.45, 7) is 0. The van der Waals surface area contributed by atoms with Crippen LogP contribution in [0, 0.1) is 0 Å². The van der Waals surface area contributed by atoms with Crippen LogP contribution < -0.4 is 4.74 Å². The van der Waals surface area contributed by atoms with E-state index in [-0.39, 0.29) is 18.0 Å². The van der Waals surface area contributed by atoms with Crippen LogP contribution in [-0.2, 0) is 11.8 Å². The summed E-state index contributed by atoms with van der Waals surface area (Å²) < 4.78 is 5.25. The van der Waals surface area contributed by atoms with E-state index in [4.69, 9.17) is 4.74 Å². The minimum absolute atomic E-state index is 0.167. The number of H-pyrrole nitrogens is 1. The summed E-state index contributed by atoms with van der Waals surface area (Å²) in [5.74, 6) is 0.895. The fraction of sp³-hybridized carbons (Fsp3) is 0.125. The van der Waals surface area contributed by atoms with Crippen molar-refractivity contribution in [2.75, 3.05) is 7.11 Å². The van der Waals surface area contributed by atoms with Gasteiger partial charge in [0.2, 0.25) is 0 Å². The molecule has 1 aromatic heterocycles. The molecule has 0 unspecified atom stereocenters. The van der Waals surface area contributed by atoms with Crippen LogP contribution in [0.15, 0.2) is 72.8 Å². The Morgan fingerprint density at radius 1 is 0.862 bits per heavy atom. The molecule has 5 nitrogen and oxygen atoms in total. The van der Waals surface area contributed by atoms with E-state index in [9.17, 15) is 9.59 Å². The highest BCUT2D eigenvalue weighted by atomic mass is 16.5. The van der Waals surface area contributed by atoms with Crippen molar-refractivity contribution >= 4 is 22.6 Å². The second-order valence-corrected chi connectivity index (χ2v) is 7.22. The van der Waals surface area contributed by atoms with Gasteiger partial charge in [0.05, 0.1) is 18.1 Å². The number of imidazole rings is 1. The van der Waals surface area contributed by atoms with Crippen molar-refractivity contribution in [2.45, 2.75) is 11.8 Å². The molecule has 0 radical (unpaired) electrons. The molecule has 1 heterocycles. The lowest BCUT2D eigenvalue weighted by molar-refractivity contribution is 0.0791. The SMILES string of the molecule is COc1ccc(C2(Cc3nc4ccccc4[nH]3)C(=O)c3ccccc3C2=O)cc1. The van der Waals surface area contributed by atoms with Crippen molar-refractivity contribution in [1.29, 1.82) is 0 Å². The Kier molecular flexibility index (Phi) is 3.84. The van der Waals surface area contributed by atoms with Crippen LogP contribution in [0.1, 0.15) is 32.1 Å². The monoisotopic (exact) mass is 382 g/mol. The highest BCUT2D eigenvalue weighted by Gasteiger charge is 2.54. The van der Waals surface area contributed by atoms with E-state index in [1.165, 1.54) is 0 Å². The first-order valence-electron chi connectivity index (χ1n) is 9.40. The van der Waals surface area contributed by atoms with E-state index < -0.39 is 5.41 Å². The largest absolute Gasteiger partial charge is 0.497 e. The van der Waals surface area contributed by atoms with Crippen molar-refractivity contribution in [3.63, 3.8) is 0 Å². The van der Waals surface area contributed by atoms with Crippen molar-refractivity contribution < 1.29 is 14.3 Å². The molecule has 0 saturated carbocycles. The summed E-state index contributed by atoms with van der Waals surface area (Å²) in [5, 5.41) is 0. The van der Waals surface area contributed by atoms with Gasteiger partial charge in [0.15, 0.2) is 11.6 Å². The topological polar surface area (TPSA) is 72.0 Å². The highest BCUT2D eigenvalue weighted by molar-refractivity contribution is 6.33. The second kappa shape index (κ2) is 6.41. The molecule has 29 heavy (non-hydrogen) atoms. The molecular weight excluding hydrogens is 364 g/mol. The predicted octanol–water partition coefficient (Wildman–Crippen LogP) is 4.13. The van der Waals surface area contributed by atoms with Gasteiger partial charge < -0.3 is 9.72 Å². The van der Waals surface area contributed by atoms with Gasteiger partial charge in [-0.1, -0.05) is 48.5 Å². The molecule has 0 fully saturated rings. The summed E-state index contributed by atoms with van der Waals surface area (Å²) in [6.07, 6.45) is 0.167. The maximum atomic E-state index is 13.6. The van der Waals surface area contributed by atoms with E-state index in [1.807, 2.05) is 24.3 Å². The third-order valence-corrected chi connectivity index (χ3v) is 5.65. The lowest BCUT2D eigenvalue weighted by Gasteiger charge is -2.25. The molecule has 3 aromatic carbocycles. The number of benzene rings is 3. The van der Waals surface area contributed by atoms with Crippen LogP contribution in [-0.4, -0.2) is 28.6 Å². The van der Waals surface area contributed by atoms with E-state index in [0.29, 0.717) is 28.3 Å². The van der Waals surface area contributed by atoms with Crippen LogP contribution in [0.5, 0.6) is 5.75 Å². The normalized spacial score (nSPS) is 14.9. The minimum Gasteiger partial charge on any atom is -0.497 e.